The minimum Gasteiger partial charge on any atom is -0.356 e. The first-order chi connectivity index (χ1) is 11.8. The predicted molar refractivity (Wildman–Crippen MR) is 94.0 cm³/mol. The summed E-state index contributed by atoms with van der Waals surface area (Å²) >= 11 is 0. The van der Waals surface area contributed by atoms with Crippen LogP contribution >= 0.6 is 0 Å². The van der Waals surface area contributed by atoms with E-state index in [1.807, 2.05) is 7.05 Å². The van der Waals surface area contributed by atoms with E-state index in [-0.39, 0.29) is 0 Å². The van der Waals surface area contributed by atoms with Crippen LogP contribution in [0.3, 0.4) is 0 Å². The number of guanidine groups is 1. The summed E-state index contributed by atoms with van der Waals surface area (Å²) in [5.74, 6) is 3.50. The molecule has 1 aromatic carbocycles. The summed E-state index contributed by atoms with van der Waals surface area (Å²) in [4.78, 5) is 4.33. The third kappa shape index (κ3) is 2.88. The number of hydrogen-bond acceptors (Lipinski definition) is 3. The van der Waals surface area contributed by atoms with Crippen molar-refractivity contribution in [3.63, 3.8) is 0 Å². The third-order valence-corrected chi connectivity index (χ3v) is 5.10. The highest BCUT2D eigenvalue weighted by Gasteiger charge is 2.22. The fourth-order valence-electron chi connectivity index (χ4n) is 3.80. The summed E-state index contributed by atoms with van der Waals surface area (Å²) in [7, 11) is 1.81. The van der Waals surface area contributed by atoms with E-state index in [1.165, 1.54) is 30.4 Å². The number of aromatic nitrogens is 3. The van der Waals surface area contributed by atoms with Crippen LogP contribution in [0.4, 0.5) is 0 Å². The number of hydrogen-bond donors (Lipinski definition) is 2. The second-order valence-electron chi connectivity index (χ2n) is 6.53. The van der Waals surface area contributed by atoms with Crippen molar-refractivity contribution in [2.75, 3.05) is 13.6 Å². The van der Waals surface area contributed by atoms with Crippen molar-refractivity contribution in [2.45, 2.75) is 44.7 Å². The van der Waals surface area contributed by atoms with E-state index in [0.717, 1.165) is 37.1 Å². The molecule has 0 saturated heterocycles. The molecule has 2 heterocycles. The summed E-state index contributed by atoms with van der Waals surface area (Å²) in [5.41, 5.74) is 2.97. The number of aliphatic imine (C=N–C) groups is 1. The Bertz CT molecular complexity index is 748. The van der Waals surface area contributed by atoms with Crippen molar-refractivity contribution in [2.24, 2.45) is 4.99 Å². The van der Waals surface area contributed by atoms with Crippen molar-refractivity contribution < 1.29 is 0 Å². The minimum absolute atomic E-state index is 0.567. The second kappa shape index (κ2) is 6.63. The molecule has 1 unspecified atom stereocenters. The summed E-state index contributed by atoms with van der Waals surface area (Å²) < 4.78 is 2.22. The number of benzene rings is 1. The largest absolute Gasteiger partial charge is 0.356 e. The van der Waals surface area contributed by atoms with E-state index in [1.54, 1.807) is 0 Å². The first kappa shape index (κ1) is 15.2. The molecule has 2 aromatic rings. The Balaban J connectivity index is 1.32. The minimum atomic E-state index is 0.567. The van der Waals surface area contributed by atoms with Crippen LogP contribution in [0.5, 0.6) is 0 Å². The SMILES string of the molecule is CN=C(NCc1nnc2n1CCC2)NCC1CCc2ccccc21. The molecule has 0 spiro atoms. The van der Waals surface area contributed by atoms with E-state index in [4.69, 9.17) is 0 Å². The maximum atomic E-state index is 4.33. The molecule has 126 valence electrons. The molecule has 2 aliphatic rings. The van der Waals surface area contributed by atoms with Crippen molar-refractivity contribution in [1.82, 2.24) is 25.4 Å². The Kier molecular flexibility index (Phi) is 4.19. The van der Waals surface area contributed by atoms with Gasteiger partial charge in [0.2, 0.25) is 0 Å². The van der Waals surface area contributed by atoms with Gasteiger partial charge < -0.3 is 15.2 Å². The first-order valence-corrected chi connectivity index (χ1v) is 8.78. The lowest BCUT2D eigenvalue weighted by Crippen LogP contribution is -2.39. The quantitative estimate of drug-likeness (QED) is 0.662. The van der Waals surface area contributed by atoms with Crippen LogP contribution in [0.15, 0.2) is 29.3 Å². The maximum absolute atomic E-state index is 4.33. The molecule has 1 aromatic heterocycles. The molecule has 24 heavy (non-hydrogen) atoms. The van der Waals surface area contributed by atoms with Gasteiger partial charge in [-0.05, 0) is 30.4 Å². The zero-order valence-electron chi connectivity index (χ0n) is 14.1. The third-order valence-electron chi connectivity index (χ3n) is 5.10. The first-order valence-electron chi connectivity index (χ1n) is 8.78. The number of nitrogens with zero attached hydrogens (tertiary/aromatic N) is 4. The van der Waals surface area contributed by atoms with E-state index in [2.05, 4.69) is 54.7 Å². The van der Waals surface area contributed by atoms with Gasteiger partial charge in [0, 0.05) is 32.5 Å². The van der Waals surface area contributed by atoms with Crippen LogP contribution in [-0.2, 0) is 25.9 Å². The van der Waals surface area contributed by atoms with Crippen LogP contribution in [-0.4, -0.2) is 34.3 Å². The standard InChI is InChI=1S/C18H24N6/c1-19-18(21-12-17-23-22-16-7-4-10-24(16)17)20-11-14-9-8-13-5-2-3-6-15(13)14/h2-3,5-6,14H,4,7-12H2,1H3,(H2,19,20,21). The van der Waals surface area contributed by atoms with Gasteiger partial charge in [-0.25, -0.2) is 0 Å². The van der Waals surface area contributed by atoms with Crippen LogP contribution in [0.1, 0.15) is 41.5 Å². The van der Waals surface area contributed by atoms with Gasteiger partial charge in [0.25, 0.3) is 0 Å². The molecule has 0 amide bonds. The van der Waals surface area contributed by atoms with Crippen molar-refractivity contribution in [3.05, 3.63) is 47.0 Å². The van der Waals surface area contributed by atoms with E-state index < -0.39 is 0 Å². The van der Waals surface area contributed by atoms with Crippen molar-refractivity contribution in [3.8, 4) is 0 Å². The zero-order valence-corrected chi connectivity index (χ0v) is 14.1. The number of aryl methyl sites for hydroxylation is 2. The molecular weight excluding hydrogens is 300 g/mol. The topological polar surface area (TPSA) is 67.1 Å². The maximum Gasteiger partial charge on any atom is 0.191 e. The average molecular weight is 324 g/mol. The van der Waals surface area contributed by atoms with Gasteiger partial charge in [0.15, 0.2) is 11.8 Å². The highest BCUT2D eigenvalue weighted by Crippen LogP contribution is 2.32. The highest BCUT2D eigenvalue weighted by molar-refractivity contribution is 5.79. The summed E-state index contributed by atoms with van der Waals surface area (Å²) in [6, 6.07) is 8.76. The lowest BCUT2D eigenvalue weighted by atomic mass is 10.0. The number of nitrogens with one attached hydrogen (secondary N) is 2. The predicted octanol–water partition coefficient (Wildman–Crippen LogP) is 1.62. The molecule has 1 atom stereocenters. The second-order valence-corrected chi connectivity index (χ2v) is 6.53. The van der Waals surface area contributed by atoms with Crippen LogP contribution in [0.2, 0.25) is 0 Å². The van der Waals surface area contributed by atoms with E-state index in [0.29, 0.717) is 12.5 Å². The number of rotatable bonds is 4. The summed E-state index contributed by atoms with van der Waals surface area (Å²) in [6.45, 7) is 2.60. The van der Waals surface area contributed by atoms with Gasteiger partial charge in [-0.2, -0.15) is 0 Å². The average Bonchev–Trinajstić information content (AvgIpc) is 3.31. The molecule has 0 saturated carbocycles. The molecule has 1 aliphatic carbocycles. The molecule has 0 radical (unpaired) electrons. The summed E-state index contributed by atoms with van der Waals surface area (Å²) in [6.07, 6.45) is 4.61. The van der Waals surface area contributed by atoms with Crippen LogP contribution < -0.4 is 10.6 Å². The molecule has 0 bridgehead atoms. The molecule has 6 heteroatoms. The van der Waals surface area contributed by atoms with Gasteiger partial charge >= 0.3 is 0 Å². The Morgan fingerprint density at radius 2 is 2.17 bits per heavy atom. The molecule has 0 fully saturated rings. The molecule has 6 nitrogen and oxygen atoms in total. The van der Waals surface area contributed by atoms with Gasteiger partial charge in [0.05, 0.1) is 6.54 Å². The summed E-state index contributed by atoms with van der Waals surface area (Å²) in [5, 5.41) is 15.4. The van der Waals surface area contributed by atoms with Crippen molar-refractivity contribution in [1.29, 1.82) is 0 Å². The lowest BCUT2D eigenvalue weighted by molar-refractivity contribution is 0.630. The van der Waals surface area contributed by atoms with E-state index >= 15 is 0 Å². The van der Waals surface area contributed by atoms with Gasteiger partial charge in [-0.15, -0.1) is 10.2 Å². The molecule has 4 rings (SSSR count). The van der Waals surface area contributed by atoms with Crippen molar-refractivity contribution >= 4 is 5.96 Å². The lowest BCUT2D eigenvalue weighted by Gasteiger charge is -2.16. The fraction of sp³-hybridized carbons (Fsp3) is 0.500. The Labute approximate surface area is 142 Å². The van der Waals surface area contributed by atoms with Gasteiger partial charge in [-0.3, -0.25) is 4.99 Å². The Morgan fingerprint density at radius 3 is 3.08 bits per heavy atom. The Hall–Kier alpha value is -2.37. The fourth-order valence-corrected chi connectivity index (χ4v) is 3.80. The van der Waals surface area contributed by atoms with E-state index in [9.17, 15) is 0 Å². The molecular formula is C18H24N6. The number of fused-ring (bicyclic) bond motifs is 2. The molecule has 2 N–H and O–H groups in total. The molecule has 1 aliphatic heterocycles. The van der Waals surface area contributed by atoms with Crippen LogP contribution in [0, 0.1) is 0 Å². The Morgan fingerprint density at radius 1 is 1.25 bits per heavy atom. The highest BCUT2D eigenvalue weighted by atomic mass is 15.3. The monoisotopic (exact) mass is 324 g/mol. The smallest absolute Gasteiger partial charge is 0.191 e. The van der Waals surface area contributed by atoms with Gasteiger partial charge in [0.1, 0.15) is 5.82 Å². The van der Waals surface area contributed by atoms with Crippen LogP contribution in [0.25, 0.3) is 0 Å². The van der Waals surface area contributed by atoms with Gasteiger partial charge in [-0.1, -0.05) is 24.3 Å². The normalized spacial score (nSPS) is 19.2. The zero-order chi connectivity index (χ0) is 16.4.